The van der Waals surface area contributed by atoms with Gasteiger partial charge in [-0.25, -0.2) is 9.59 Å². The van der Waals surface area contributed by atoms with E-state index in [1.807, 2.05) is 0 Å². The first-order valence-corrected chi connectivity index (χ1v) is 10.4. The summed E-state index contributed by atoms with van der Waals surface area (Å²) in [7, 11) is 0. The van der Waals surface area contributed by atoms with Gasteiger partial charge in [-0.2, -0.15) is 0 Å². The van der Waals surface area contributed by atoms with Crippen LogP contribution in [0.5, 0.6) is 0 Å². The molecule has 0 radical (unpaired) electrons. The number of aliphatic carboxylic acids is 2. The van der Waals surface area contributed by atoms with Crippen LogP contribution in [0.4, 0.5) is 0 Å². The third-order valence-corrected chi connectivity index (χ3v) is 6.23. The van der Waals surface area contributed by atoms with E-state index in [2.05, 4.69) is 54.0 Å². The van der Waals surface area contributed by atoms with Gasteiger partial charge in [-0.3, -0.25) is 9.80 Å². The second-order valence-corrected chi connectivity index (χ2v) is 7.86. The number of rotatable bonds is 4. The molecule has 6 heteroatoms. The van der Waals surface area contributed by atoms with Gasteiger partial charge in [-0.1, -0.05) is 37.3 Å². The number of carboxylic acids is 2. The Labute approximate surface area is 168 Å². The molecule has 2 fully saturated rings. The van der Waals surface area contributed by atoms with Gasteiger partial charge in [-0.15, -0.1) is 0 Å². The first-order valence-electron chi connectivity index (χ1n) is 10.4. The summed E-state index contributed by atoms with van der Waals surface area (Å²) in [5.74, 6) is -2.84. The highest BCUT2D eigenvalue weighted by atomic mass is 16.4. The van der Waals surface area contributed by atoms with E-state index in [4.69, 9.17) is 19.8 Å². The van der Waals surface area contributed by atoms with Crippen LogP contribution in [-0.2, 0) is 9.59 Å². The predicted octanol–water partition coefficient (Wildman–Crippen LogP) is 3.28. The lowest BCUT2D eigenvalue weighted by atomic mass is 9.81. The van der Waals surface area contributed by atoms with Gasteiger partial charge in [0.1, 0.15) is 0 Å². The van der Waals surface area contributed by atoms with Crippen molar-refractivity contribution < 1.29 is 19.8 Å². The highest BCUT2D eigenvalue weighted by Crippen LogP contribution is 2.35. The number of nitrogens with zero attached hydrogens (tertiary/aromatic N) is 2. The van der Waals surface area contributed by atoms with Gasteiger partial charge in [0, 0.05) is 38.3 Å². The summed E-state index contributed by atoms with van der Waals surface area (Å²) in [6.07, 6.45) is 6.81. The van der Waals surface area contributed by atoms with Crippen molar-refractivity contribution in [3.63, 3.8) is 0 Å². The van der Waals surface area contributed by atoms with Crippen molar-refractivity contribution in [2.45, 2.75) is 64.0 Å². The molecule has 2 N–H and O–H groups in total. The zero-order valence-electron chi connectivity index (χ0n) is 17.1. The largest absolute Gasteiger partial charge is 0.473 e. The van der Waals surface area contributed by atoms with Gasteiger partial charge in [-0.05, 0) is 50.5 Å². The molecule has 1 unspecified atom stereocenters. The molecule has 1 saturated heterocycles. The van der Waals surface area contributed by atoms with Gasteiger partial charge < -0.3 is 10.2 Å². The lowest BCUT2D eigenvalue weighted by Crippen LogP contribution is -2.53. The Kier molecular flexibility index (Phi) is 8.93. The van der Waals surface area contributed by atoms with Crippen LogP contribution < -0.4 is 0 Å². The summed E-state index contributed by atoms with van der Waals surface area (Å²) in [5.41, 5.74) is 1.56. The monoisotopic (exact) mass is 390 g/mol. The molecule has 2 aliphatic rings. The summed E-state index contributed by atoms with van der Waals surface area (Å²) in [5, 5.41) is 14.8. The Morgan fingerprint density at radius 2 is 1.50 bits per heavy atom. The molecular formula is C22H34N2O4. The lowest BCUT2D eigenvalue weighted by Gasteiger charge is -2.43. The Bertz CT molecular complexity index is 594. The molecule has 3 rings (SSSR count). The number of piperazine rings is 1. The third kappa shape index (κ3) is 6.60. The number of carboxylic acid groups (broad SMARTS) is 2. The maximum Gasteiger partial charge on any atom is 0.414 e. The fraction of sp³-hybridized carbons (Fsp3) is 0.636. The number of hydrogen-bond acceptors (Lipinski definition) is 4. The molecule has 1 aliphatic heterocycles. The van der Waals surface area contributed by atoms with Crippen LogP contribution in [0.25, 0.3) is 0 Å². The summed E-state index contributed by atoms with van der Waals surface area (Å²) in [4.78, 5) is 23.6. The van der Waals surface area contributed by atoms with E-state index < -0.39 is 11.9 Å². The van der Waals surface area contributed by atoms with Crippen molar-refractivity contribution in [2.24, 2.45) is 0 Å². The Morgan fingerprint density at radius 1 is 0.964 bits per heavy atom. The van der Waals surface area contributed by atoms with Crippen LogP contribution in [0.1, 0.15) is 57.4 Å². The summed E-state index contributed by atoms with van der Waals surface area (Å²) in [6, 6.07) is 12.7. The van der Waals surface area contributed by atoms with Crippen molar-refractivity contribution in [2.75, 3.05) is 26.2 Å². The normalized spacial score (nSPS) is 24.6. The third-order valence-electron chi connectivity index (χ3n) is 6.23. The maximum absolute atomic E-state index is 9.10. The SMILES string of the molecule is CCC(C)N1CCN(C2CCC(c3ccccc3)CC2)CC1.O=C(O)C(=O)O. The molecule has 156 valence electrons. The molecule has 1 atom stereocenters. The second-order valence-electron chi connectivity index (χ2n) is 7.86. The first kappa shape index (κ1) is 22.4. The van der Waals surface area contributed by atoms with E-state index in [0.717, 1.165) is 18.0 Å². The van der Waals surface area contributed by atoms with E-state index in [0.29, 0.717) is 0 Å². The van der Waals surface area contributed by atoms with E-state index in [1.165, 1.54) is 58.3 Å². The summed E-state index contributed by atoms with van der Waals surface area (Å²) in [6.45, 7) is 9.79. The molecule has 6 nitrogen and oxygen atoms in total. The van der Waals surface area contributed by atoms with Crippen molar-refractivity contribution in [1.82, 2.24) is 9.80 Å². The van der Waals surface area contributed by atoms with E-state index in [-0.39, 0.29) is 0 Å². The van der Waals surface area contributed by atoms with E-state index in [1.54, 1.807) is 5.56 Å². The van der Waals surface area contributed by atoms with Crippen molar-refractivity contribution >= 4 is 11.9 Å². The van der Waals surface area contributed by atoms with Gasteiger partial charge in [0.2, 0.25) is 0 Å². The Hall–Kier alpha value is -1.92. The fourth-order valence-corrected chi connectivity index (χ4v) is 4.30. The minimum Gasteiger partial charge on any atom is -0.473 e. The number of hydrogen-bond donors (Lipinski definition) is 2. The van der Waals surface area contributed by atoms with Crippen molar-refractivity contribution in [3.05, 3.63) is 35.9 Å². The maximum atomic E-state index is 9.10. The zero-order valence-corrected chi connectivity index (χ0v) is 17.1. The van der Waals surface area contributed by atoms with Crippen LogP contribution in [0.2, 0.25) is 0 Å². The van der Waals surface area contributed by atoms with Crippen molar-refractivity contribution in [3.8, 4) is 0 Å². The quantitative estimate of drug-likeness (QED) is 0.768. The van der Waals surface area contributed by atoms with Crippen LogP contribution in [-0.4, -0.2) is 70.2 Å². The van der Waals surface area contributed by atoms with E-state index >= 15 is 0 Å². The summed E-state index contributed by atoms with van der Waals surface area (Å²) >= 11 is 0. The smallest absolute Gasteiger partial charge is 0.414 e. The zero-order chi connectivity index (χ0) is 20.5. The topological polar surface area (TPSA) is 81.1 Å². The molecule has 1 aliphatic carbocycles. The van der Waals surface area contributed by atoms with Crippen LogP contribution in [0.3, 0.4) is 0 Å². The lowest BCUT2D eigenvalue weighted by molar-refractivity contribution is -0.159. The molecule has 1 aromatic carbocycles. The number of carbonyl (C=O) groups is 2. The van der Waals surface area contributed by atoms with E-state index in [9.17, 15) is 0 Å². The average molecular weight is 391 g/mol. The van der Waals surface area contributed by atoms with Crippen LogP contribution >= 0.6 is 0 Å². The molecule has 0 bridgehead atoms. The fourth-order valence-electron chi connectivity index (χ4n) is 4.30. The molecule has 0 spiro atoms. The van der Waals surface area contributed by atoms with Gasteiger partial charge >= 0.3 is 11.9 Å². The molecule has 1 heterocycles. The predicted molar refractivity (Wildman–Crippen MR) is 110 cm³/mol. The Morgan fingerprint density at radius 3 is 1.96 bits per heavy atom. The van der Waals surface area contributed by atoms with Gasteiger partial charge in [0.05, 0.1) is 0 Å². The number of benzene rings is 1. The molecule has 1 aromatic rings. The van der Waals surface area contributed by atoms with Crippen LogP contribution in [0, 0.1) is 0 Å². The molecule has 1 saturated carbocycles. The minimum atomic E-state index is -1.82. The highest BCUT2D eigenvalue weighted by Gasteiger charge is 2.29. The molecule has 0 aromatic heterocycles. The average Bonchev–Trinajstić information content (AvgIpc) is 2.74. The van der Waals surface area contributed by atoms with Gasteiger partial charge in [0.25, 0.3) is 0 Å². The second kappa shape index (κ2) is 11.2. The minimum absolute atomic E-state index is 0.760. The van der Waals surface area contributed by atoms with Gasteiger partial charge in [0.15, 0.2) is 0 Å². The van der Waals surface area contributed by atoms with Crippen LogP contribution in [0.15, 0.2) is 30.3 Å². The summed E-state index contributed by atoms with van der Waals surface area (Å²) < 4.78 is 0. The molecule has 28 heavy (non-hydrogen) atoms. The Balaban J connectivity index is 0.000000409. The molecule has 0 amide bonds. The standard InChI is InChI=1S/C20H32N2.C2H2O4/c1-3-17(2)21-13-15-22(16-14-21)20-11-9-19(10-12-20)18-7-5-4-6-8-18;3-1(4)2(5)6/h4-8,17,19-20H,3,9-16H2,1-2H3;(H,3,4)(H,5,6). The highest BCUT2D eigenvalue weighted by molar-refractivity contribution is 6.27. The first-order chi connectivity index (χ1) is 13.4. The molecular weight excluding hydrogens is 356 g/mol. The van der Waals surface area contributed by atoms with Crippen molar-refractivity contribution in [1.29, 1.82) is 0 Å².